The Balaban J connectivity index is 1.25. The van der Waals surface area contributed by atoms with Gasteiger partial charge in [0.1, 0.15) is 6.61 Å². The Kier molecular flexibility index (Phi) is 3.95. The van der Waals surface area contributed by atoms with E-state index in [0.717, 1.165) is 19.3 Å². The third-order valence-corrected chi connectivity index (χ3v) is 6.99. The molecule has 5 aliphatic rings. The molecule has 1 aliphatic heterocycles. The lowest BCUT2D eigenvalue weighted by molar-refractivity contribution is -0.170. The normalized spacial score (nSPS) is 36.9. The van der Waals surface area contributed by atoms with Gasteiger partial charge >= 0.3 is 5.97 Å². The molecular formula is C22H26O5. The van der Waals surface area contributed by atoms with Gasteiger partial charge in [0, 0.05) is 5.41 Å². The van der Waals surface area contributed by atoms with Gasteiger partial charge in [0.2, 0.25) is 6.10 Å². The first-order valence-electron chi connectivity index (χ1n) is 10.2. The van der Waals surface area contributed by atoms with Gasteiger partial charge in [-0.3, -0.25) is 4.79 Å². The fourth-order valence-corrected chi connectivity index (χ4v) is 6.28. The number of rotatable bonds is 4. The number of Topliss-reactive ketones (excluding diaryl/α,β-unsaturated/α-hetero) is 1. The number of fused-ring (bicyclic) bond motifs is 1. The molecule has 27 heavy (non-hydrogen) atoms. The van der Waals surface area contributed by atoms with Crippen LogP contribution in [0.4, 0.5) is 0 Å². The lowest BCUT2D eigenvalue weighted by Gasteiger charge is -2.56. The summed E-state index contributed by atoms with van der Waals surface area (Å²) >= 11 is 0. The number of esters is 1. The molecular weight excluding hydrogens is 344 g/mol. The second-order valence-corrected chi connectivity index (χ2v) is 9.01. The van der Waals surface area contributed by atoms with Crippen molar-refractivity contribution in [2.45, 2.75) is 57.7 Å². The van der Waals surface area contributed by atoms with Crippen molar-refractivity contribution in [2.24, 2.45) is 23.2 Å². The Morgan fingerprint density at radius 2 is 1.63 bits per heavy atom. The van der Waals surface area contributed by atoms with E-state index in [1.807, 2.05) is 12.1 Å². The molecule has 1 aromatic carbocycles. The minimum absolute atomic E-state index is 0.105. The third-order valence-electron chi connectivity index (χ3n) is 6.99. The molecule has 0 aromatic heterocycles. The van der Waals surface area contributed by atoms with Crippen molar-refractivity contribution < 1.29 is 23.8 Å². The van der Waals surface area contributed by atoms with Crippen LogP contribution >= 0.6 is 0 Å². The smallest absolute Gasteiger partial charge is 0.351 e. The number of carbonyl (C=O) groups excluding carboxylic acids is 2. The zero-order valence-electron chi connectivity index (χ0n) is 15.7. The van der Waals surface area contributed by atoms with Gasteiger partial charge in [0.15, 0.2) is 23.4 Å². The molecule has 5 heteroatoms. The SMILES string of the molecule is C[C@@H](OC(=O)[C@@H]1COc2ccccc2O1)C(=O)C12CC3CC(CC(C3)C1)C2. The van der Waals surface area contributed by atoms with E-state index in [-0.39, 0.29) is 17.8 Å². The van der Waals surface area contributed by atoms with E-state index >= 15 is 0 Å². The summed E-state index contributed by atoms with van der Waals surface area (Å²) in [6.45, 7) is 1.82. The fourth-order valence-electron chi connectivity index (χ4n) is 6.28. The molecule has 1 heterocycles. The second kappa shape index (κ2) is 6.25. The lowest BCUT2D eigenvalue weighted by Crippen LogP contribution is -2.53. The minimum Gasteiger partial charge on any atom is -0.485 e. The van der Waals surface area contributed by atoms with Crippen molar-refractivity contribution >= 4 is 11.8 Å². The van der Waals surface area contributed by atoms with Gasteiger partial charge in [-0.1, -0.05) is 12.1 Å². The van der Waals surface area contributed by atoms with E-state index in [0.29, 0.717) is 29.3 Å². The van der Waals surface area contributed by atoms with Crippen molar-refractivity contribution in [1.82, 2.24) is 0 Å². The van der Waals surface area contributed by atoms with E-state index in [2.05, 4.69) is 0 Å². The number of hydrogen-bond acceptors (Lipinski definition) is 5. The van der Waals surface area contributed by atoms with Crippen LogP contribution in [0.2, 0.25) is 0 Å². The first-order valence-corrected chi connectivity index (χ1v) is 10.2. The molecule has 1 aromatic rings. The predicted molar refractivity (Wildman–Crippen MR) is 97.5 cm³/mol. The van der Waals surface area contributed by atoms with Crippen LogP contribution in [0.5, 0.6) is 11.5 Å². The lowest BCUT2D eigenvalue weighted by atomic mass is 9.48. The minimum atomic E-state index is -0.827. The van der Waals surface area contributed by atoms with Crippen molar-refractivity contribution in [3.63, 3.8) is 0 Å². The van der Waals surface area contributed by atoms with Crippen LogP contribution < -0.4 is 9.47 Å². The van der Waals surface area contributed by atoms with E-state index in [4.69, 9.17) is 14.2 Å². The van der Waals surface area contributed by atoms with Crippen molar-refractivity contribution in [1.29, 1.82) is 0 Å². The van der Waals surface area contributed by atoms with E-state index in [9.17, 15) is 9.59 Å². The maximum absolute atomic E-state index is 13.3. The van der Waals surface area contributed by atoms with Crippen LogP contribution in [0.1, 0.15) is 45.4 Å². The van der Waals surface area contributed by atoms with Gasteiger partial charge in [-0.15, -0.1) is 0 Å². The molecule has 4 fully saturated rings. The number of para-hydroxylation sites is 2. The molecule has 4 bridgehead atoms. The number of hydrogen-bond donors (Lipinski definition) is 0. The van der Waals surface area contributed by atoms with E-state index in [1.165, 1.54) is 19.3 Å². The maximum atomic E-state index is 13.3. The van der Waals surface area contributed by atoms with Crippen molar-refractivity contribution in [3.05, 3.63) is 24.3 Å². The van der Waals surface area contributed by atoms with Crippen LogP contribution in [0.15, 0.2) is 24.3 Å². The highest BCUT2D eigenvalue weighted by molar-refractivity contribution is 5.91. The average molecular weight is 370 g/mol. The predicted octanol–water partition coefficient (Wildman–Crippen LogP) is 3.54. The van der Waals surface area contributed by atoms with Crippen LogP contribution in [0.25, 0.3) is 0 Å². The number of ketones is 1. The van der Waals surface area contributed by atoms with Gasteiger partial charge < -0.3 is 14.2 Å². The Morgan fingerprint density at radius 1 is 1.04 bits per heavy atom. The number of ether oxygens (including phenoxy) is 3. The number of carbonyl (C=O) groups is 2. The molecule has 0 unspecified atom stereocenters. The highest BCUT2D eigenvalue weighted by atomic mass is 16.6. The molecule has 6 rings (SSSR count). The first-order chi connectivity index (χ1) is 13.0. The summed E-state index contributed by atoms with van der Waals surface area (Å²) in [4.78, 5) is 25.8. The summed E-state index contributed by atoms with van der Waals surface area (Å²) < 4.78 is 16.9. The summed E-state index contributed by atoms with van der Waals surface area (Å²) in [6.07, 6.45) is 5.25. The highest BCUT2D eigenvalue weighted by Gasteiger charge is 2.55. The molecule has 0 spiro atoms. The van der Waals surface area contributed by atoms with Crippen LogP contribution in [0, 0.1) is 23.2 Å². The Morgan fingerprint density at radius 3 is 2.26 bits per heavy atom. The molecule has 2 atom stereocenters. The molecule has 5 nitrogen and oxygen atoms in total. The summed E-state index contributed by atoms with van der Waals surface area (Å²) in [5.74, 6) is 2.83. The molecule has 4 saturated carbocycles. The Bertz CT molecular complexity index is 734. The quantitative estimate of drug-likeness (QED) is 0.759. The van der Waals surface area contributed by atoms with Crippen LogP contribution in [-0.4, -0.2) is 30.6 Å². The molecule has 0 saturated heterocycles. The second-order valence-electron chi connectivity index (χ2n) is 9.01. The summed E-state index contributed by atoms with van der Waals surface area (Å²) in [7, 11) is 0. The highest BCUT2D eigenvalue weighted by Crippen LogP contribution is 2.60. The summed E-state index contributed by atoms with van der Waals surface area (Å²) in [5, 5.41) is 0. The van der Waals surface area contributed by atoms with E-state index in [1.54, 1.807) is 19.1 Å². The van der Waals surface area contributed by atoms with Gasteiger partial charge in [-0.25, -0.2) is 4.79 Å². The summed E-state index contributed by atoms with van der Waals surface area (Å²) in [6, 6.07) is 7.25. The van der Waals surface area contributed by atoms with Gasteiger partial charge in [-0.2, -0.15) is 0 Å². The molecule has 0 N–H and O–H groups in total. The van der Waals surface area contributed by atoms with Gasteiger partial charge in [-0.05, 0) is 75.3 Å². The van der Waals surface area contributed by atoms with E-state index < -0.39 is 18.2 Å². The Labute approximate surface area is 159 Å². The first kappa shape index (κ1) is 17.1. The van der Waals surface area contributed by atoms with Crippen LogP contribution in [0.3, 0.4) is 0 Å². The fraction of sp³-hybridized carbons (Fsp3) is 0.636. The Hall–Kier alpha value is -2.04. The van der Waals surface area contributed by atoms with Crippen molar-refractivity contribution in [2.75, 3.05) is 6.61 Å². The molecule has 0 amide bonds. The molecule has 144 valence electrons. The standard InChI is InChI=1S/C22H26O5/c1-13(20(23)22-9-14-6-15(10-22)8-16(7-14)11-22)26-21(24)19-12-25-17-4-2-3-5-18(17)27-19/h2-5,13-16,19H,6-12H2,1H3/t13-,14?,15?,16?,19+,22?/m1/s1. The monoisotopic (exact) mass is 370 g/mol. The van der Waals surface area contributed by atoms with Gasteiger partial charge in [0.05, 0.1) is 0 Å². The van der Waals surface area contributed by atoms with Crippen molar-refractivity contribution in [3.8, 4) is 11.5 Å². The zero-order chi connectivity index (χ0) is 18.6. The zero-order valence-corrected chi connectivity index (χ0v) is 15.7. The van der Waals surface area contributed by atoms with Gasteiger partial charge in [0.25, 0.3) is 0 Å². The topological polar surface area (TPSA) is 61.8 Å². The third kappa shape index (κ3) is 2.91. The maximum Gasteiger partial charge on any atom is 0.351 e. The average Bonchev–Trinajstić information content (AvgIpc) is 2.65. The van der Waals surface area contributed by atoms with Crippen LogP contribution in [-0.2, 0) is 14.3 Å². The summed E-state index contributed by atoms with van der Waals surface area (Å²) in [5.41, 5.74) is -0.259. The largest absolute Gasteiger partial charge is 0.485 e. The molecule has 0 radical (unpaired) electrons. The molecule has 4 aliphatic carbocycles. The number of benzene rings is 1.